The third-order valence-electron chi connectivity index (χ3n) is 7.72. The number of carbonyl (C=O) groups excluding carboxylic acids is 1. The number of hydrogen-bond donors (Lipinski definition) is 2. The molecule has 2 heterocycles. The molecule has 7 nitrogen and oxygen atoms in total. The maximum Gasteiger partial charge on any atom is 0.251 e. The molecule has 0 radical (unpaired) electrons. The maximum absolute atomic E-state index is 13.5. The molecule has 2 N–H and O–H groups in total. The number of amides is 1. The molecule has 3 aromatic rings. The summed E-state index contributed by atoms with van der Waals surface area (Å²) in [5.41, 5.74) is 4.99. The number of aromatic amines is 1. The number of carbonyl (C=O) groups is 1. The lowest BCUT2D eigenvalue weighted by Gasteiger charge is -2.40. The van der Waals surface area contributed by atoms with Crippen molar-refractivity contribution in [3.63, 3.8) is 0 Å². The third kappa shape index (κ3) is 6.11. The highest BCUT2D eigenvalue weighted by Gasteiger charge is 2.28. The third-order valence-corrected chi connectivity index (χ3v) is 7.94. The Morgan fingerprint density at radius 3 is 2.47 bits per heavy atom. The minimum absolute atomic E-state index is 0.0893. The summed E-state index contributed by atoms with van der Waals surface area (Å²) in [7, 11) is 4.30. The number of anilines is 1. The monoisotopic (exact) mass is 535 g/mol. The number of aromatic nitrogens is 2. The molecule has 1 fully saturated rings. The van der Waals surface area contributed by atoms with E-state index < -0.39 is 0 Å². The van der Waals surface area contributed by atoms with Gasteiger partial charge in [0, 0.05) is 76.7 Å². The zero-order chi connectivity index (χ0) is 27.4. The fraction of sp³-hybridized carbons (Fsp3) is 0.433. The van der Waals surface area contributed by atoms with Crippen LogP contribution in [0.5, 0.6) is 0 Å². The SMILES string of the molecule is CCN(c1cc(Cl)cc(C(=O)NCc2c(-c3cccnc3)[nH]c(C)cc2=O)c1C)C1CCC(N(C)C)CC1. The Kier molecular flexibility index (Phi) is 8.90. The molecule has 0 saturated heterocycles. The van der Waals surface area contributed by atoms with Crippen LogP contribution < -0.4 is 15.6 Å². The summed E-state index contributed by atoms with van der Waals surface area (Å²) in [6.07, 6.45) is 7.92. The Hall–Kier alpha value is -3.16. The molecule has 202 valence electrons. The largest absolute Gasteiger partial charge is 0.369 e. The molecule has 0 bridgehead atoms. The summed E-state index contributed by atoms with van der Waals surface area (Å²) >= 11 is 6.56. The number of aryl methyl sites for hydroxylation is 1. The van der Waals surface area contributed by atoms with E-state index in [9.17, 15) is 9.59 Å². The standard InChI is InChI=1S/C30H38ClN5O2/c1-6-36(24-11-9-23(10-12-24)35(4)5)27-16-22(31)15-25(20(27)3)30(38)33-18-26-28(37)14-19(2)34-29(26)21-8-7-13-32-17-21/h7-8,13-17,23-24H,6,9-12,18H2,1-5H3,(H,33,38)(H,34,37). The van der Waals surface area contributed by atoms with Crippen molar-refractivity contribution in [2.75, 3.05) is 25.5 Å². The van der Waals surface area contributed by atoms with Crippen molar-refractivity contribution in [2.45, 2.75) is 65.1 Å². The molecule has 2 aromatic heterocycles. The molecule has 0 aliphatic heterocycles. The van der Waals surface area contributed by atoms with Crippen LogP contribution in [0.15, 0.2) is 47.5 Å². The Balaban J connectivity index is 1.58. The second-order valence-electron chi connectivity index (χ2n) is 10.4. The first-order chi connectivity index (χ1) is 18.2. The van der Waals surface area contributed by atoms with Crippen LogP contribution >= 0.6 is 11.6 Å². The summed E-state index contributed by atoms with van der Waals surface area (Å²) < 4.78 is 0. The van der Waals surface area contributed by atoms with E-state index in [1.54, 1.807) is 24.5 Å². The molecular formula is C30H38ClN5O2. The first-order valence-electron chi connectivity index (χ1n) is 13.3. The van der Waals surface area contributed by atoms with E-state index in [1.807, 2.05) is 32.0 Å². The van der Waals surface area contributed by atoms with Gasteiger partial charge in [-0.3, -0.25) is 14.6 Å². The van der Waals surface area contributed by atoms with Gasteiger partial charge < -0.3 is 20.1 Å². The van der Waals surface area contributed by atoms with Crippen molar-refractivity contribution in [1.29, 1.82) is 0 Å². The van der Waals surface area contributed by atoms with Crippen LogP contribution in [0.4, 0.5) is 5.69 Å². The number of nitrogens with one attached hydrogen (secondary N) is 2. The number of H-pyrrole nitrogens is 1. The number of hydrogen-bond acceptors (Lipinski definition) is 5. The molecule has 1 saturated carbocycles. The van der Waals surface area contributed by atoms with Gasteiger partial charge in [-0.25, -0.2) is 0 Å². The van der Waals surface area contributed by atoms with Crippen molar-refractivity contribution in [2.24, 2.45) is 0 Å². The van der Waals surface area contributed by atoms with Crippen molar-refractivity contribution < 1.29 is 4.79 Å². The van der Waals surface area contributed by atoms with E-state index in [0.717, 1.165) is 54.7 Å². The van der Waals surface area contributed by atoms with Crippen LogP contribution in [0.1, 0.15) is 59.8 Å². The molecule has 0 unspecified atom stereocenters. The highest BCUT2D eigenvalue weighted by molar-refractivity contribution is 6.31. The lowest BCUT2D eigenvalue weighted by molar-refractivity contribution is 0.0950. The van der Waals surface area contributed by atoms with E-state index in [0.29, 0.717) is 33.9 Å². The minimum atomic E-state index is -0.254. The normalized spacial score (nSPS) is 17.4. The molecule has 4 rings (SSSR count). The Labute approximate surface area is 230 Å². The van der Waals surface area contributed by atoms with Gasteiger partial charge in [-0.15, -0.1) is 0 Å². The molecule has 0 atom stereocenters. The quantitative estimate of drug-likeness (QED) is 0.407. The van der Waals surface area contributed by atoms with Gasteiger partial charge in [0.05, 0.1) is 5.69 Å². The zero-order valence-corrected chi connectivity index (χ0v) is 23.7. The lowest BCUT2D eigenvalue weighted by Crippen LogP contribution is -2.42. The number of benzene rings is 1. The highest BCUT2D eigenvalue weighted by atomic mass is 35.5. The second-order valence-corrected chi connectivity index (χ2v) is 10.8. The fourth-order valence-corrected chi connectivity index (χ4v) is 5.83. The van der Waals surface area contributed by atoms with Gasteiger partial charge in [0.15, 0.2) is 5.43 Å². The second kappa shape index (κ2) is 12.1. The summed E-state index contributed by atoms with van der Waals surface area (Å²) in [5.74, 6) is -0.254. The highest BCUT2D eigenvalue weighted by Crippen LogP contribution is 2.34. The van der Waals surface area contributed by atoms with Gasteiger partial charge >= 0.3 is 0 Å². The summed E-state index contributed by atoms with van der Waals surface area (Å²) in [5, 5.41) is 3.50. The van der Waals surface area contributed by atoms with Crippen LogP contribution in [-0.4, -0.2) is 53.5 Å². The van der Waals surface area contributed by atoms with Crippen LogP contribution in [-0.2, 0) is 6.54 Å². The van der Waals surface area contributed by atoms with E-state index in [1.165, 1.54) is 0 Å². The number of rotatable bonds is 8. The van der Waals surface area contributed by atoms with E-state index in [2.05, 4.69) is 46.1 Å². The number of pyridine rings is 2. The van der Waals surface area contributed by atoms with Crippen LogP contribution in [0.2, 0.25) is 5.02 Å². The molecule has 1 aliphatic rings. The van der Waals surface area contributed by atoms with Crippen LogP contribution in [0.3, 0.4) is 0 Å². The Morgan fingerprint density at radius 1 is 1.13 bits per heavy atom. The topological polar surface area (TPSA) is 81.3 Å². The molecule has 38 heavy (non-hydrogen) atoms. The molecule has 1 aliphatic carbocycles. The summed E-state index contributed by atoms with van der Waals surface area (Å²) in [6, 6.07) is 9.98. The predicted molar refractivity (Wildman–Crippen MR) is 155 cm³/mol. The first-order valence-corrected chi connectivity index (χ1v) is 13.7. The van der Waals surface area contributed by atoms with Gasteiger partial charge in [0.25, 0.3) is 5.91 Å². The first kappa shape index (κ1) is 27.9. The molecule has 1 aromatic carbocycles. The van der Waals surface area contributed by atoms with E-state index >= 15 is 0 Å². The summed E-state index contributed by atoms with van der Waals surface area (Å²) in [4.78, 5) is 38.5. The molecule has 0 spiro atoms. The maximum atomic E-state index is 13.5. The van der Waals surface area contributed by atoms with Crippen molar-refractivity contribution in [1.82, 2.24) is 20.2 Å². The fourth-order valence-electron chi connectivity index (χ4n) is 5.62. The van der Waals surface area contributed by atoms with Crippen molar-refractivity contribution in [3.8, 4) is 11.3 Å². The molecular weight excluding hydrogens is 498 g/mol. The smallest absolute Gasteiger partial charge is 0.251 e. The van der Waals surface area contributed by atoms with Crippen LogP contribution in [0, 0.1) is 13.8 Å². The van der Waals surface area contributed by atoms with Gasteiger partial charge in [0.2, 0.25) is 0 Å². The predicted octanol–water partition coefficient (Wildman–Crippen LogP) is 5.34. The molecule has 1 amide bonds. The van der Waals surface area contributed by atoms with E-state index in [-0.39, 0.29) is 17.9 Å². The number of halogens is 1. The van der Waals surface area contributed by atoms with Gasteiger partial charge in [-0.05, 0) is 90.4 Å². The average molecular weight is 536 g/mol. The molecule has 8 heteroatoms. The van der Waals surface area contributed by atoms with Gasteiger partial charge in [0.1, 0.15) is 0 Å². The Bertz CT molecular complexity index is 1330. The zero-order valence-electron chi connectivity index (χ0n) is 23.0. The summed E-state index contributed by atoms with van der Waals surface area (Å²) in [6.45, 7) is 6.90. The lowest BCUT2D eigenvalue weighted by atomic mass is 9.89. The van der Waals surface area contributed by atoms with Crippen molar-refractivity contribution >= 4 is 23.2 Å². The van der Waals surface area contributed by atoms with E-state index in [4.69, 9.17) is 11.6 Å². The average Bonchev–Trinajstić information content (AvgIpc) is 2.90. The number of nitrogens with zero attached hydrogens (tertiary/aromatic N) is 3. The minimum Gasteiger partial charge on any atom is -0.369 e. The van der Waals surface area contributed by atoms with Gasteiger partial charge in [-0.2, -0.15) is 0 Å². The van der Waals surface area contributed by atoms with Crippen molar-refractivity contribution in [3.05, 3.63) is 80.4 Å². The Morgan fingerprint density at radius 2 is 1.84 bits per heavy atom. The van der Waals surface area contributed by atoms with Gasteiger partial charge in [-0.1, -0.05) is 11.6 Å². The van der Waals surface area contributed by atoms with Crippen LogP contribution in [0.25, 0.3) is 11.3 Å².